The van der Waals surface area contributed by atoms with Gasteiger partial charge in [0.05, 0.1) is 13.0 Å². The summed E-state index contributed by atoms with van der Waals surface area (Å²) in [7, 11) is 1.67. The van der Waals surface area contributed by atoms with Crippen LogP contribution in [0.25, 0.3) is 0 Å². The molecule has 1 saturated heterocycles. The minimum atomic E-state index is -0.698. The molecule has 8 heteroatoms. The number of piperazine rings is 1. The predicted molar refractivity (Wildman–Crippen MR) is 110 cm³/mol. The van der Waals surface area contributed by atoms with Crippen molar-refractivity contribution in [2.45, 2.75) is 13.0 Å². The molecule has 2 aromatic rings. The Morgan fingerprint density at radius 1 is 1.07 bits per heavy atom. The van der Waals surface area contributed by atoms with E-state index in [9.17, 15) is 14.4 Å². The summed E-state index contributed by atoms with van der Waals surface area (Å²) in [6, 6.07) is 13.1. The summed E-state index contributed by atoms with van der Waals surface area (Å²) < 4.78 is 10.2. The van der Waals surface area contributed by atoms with Crippen LogP contribution in [0.2, 0.25) is 0 Å². The van der Waals surface area contributed by atoms with Gasteiger partial charge in [-0.05, 0) is 23.8 Å². The fraction of sp³-hybridized carbons (Fsp3) is 0.318. The molecule has 0 atom stereocenters. The molecule has 0 saturated carbocycles. The molecule has 156 valence electrons. The Morgan fingerprint density at radius 2 is 1.80 bits per heavy atom. The molecule has 30 heavy (non-hydrogen) atoms. The fourth-order valence-electron chi connectivity index (χ4n) is 3.65. The molecule has 2 aliphatic heterocycles. The van der Waals surface area contributed by atoms with Crippen molar-refractivity contribution in [3.63, 3.8) is 0 Å². The highest BCUT2D eigenvalue weighted by Crippen LogP contribution is 2.29. The number of fused-ring (bicyclic) bond motifs is 1. The van der Waals surface area contributed by atoms with Gasteiger partial charge < -0.3 is 24.6 Å². The van der Waals surface area contributed by atoms with Gasteiger partial charge in [-0.15, -0.1) is 0 Å². The lowest BCUT2D eigenvalue weighted by molar-refractivity contribution is -0.143. The number of carbonyl (C=O) groups is 3. The summed E-state index contributed by atoms with van der Waals surface area (Å²) in [6.45, 7) is 2.81. The third-order valence-electron chi connectivity index (χ3n) is 5.26. The van der Waals surface area contributed by atoms with Crippen LogP contribution >= 0.6 is 0 Å². The zero-order chi connectivity index (χ0) is 21.1. The van der Waals surface area contributed by atoms with Gasteiger partial charge in [0.1, 0.15) is 5.75 Å². The summed E-state index contributed by atoms with van der Waals surface area (Å²) in [5, 5.41) is 2.60. The van der Waals surface area contributed by atoms with Crippen LogP contribution in [0.1, 0.15) is 11.1 Å². The van der Waals surface area contributed by atoms with Gasteiger partial charge in [0.25, 0.3) is 0 Å². The molecule has 0 unspecified atom stereocenters. The molecule has 1 fully saturated rings. The number of carbonyl (C=O) groups excluding carboxylic acids is 3. The van der Waals surface area contributed by atoms with E-state index in [1.165, 1.54) is 0 Å². The summed E-state index contributed by atoms with van der Waals surface area (Å²) in [5.41, 5.74) is 3.39. The topological polar surface area (TPSA) is 88.2 Å². The Bertz CT molecular complexity index is 965. The number of hydrogen-bond donors (Lipinski definition) is 1. The summed E-state index contributed by atoms with van der Waals surface area (Å²) >= 11 is 0. The van der Waals surface area contributed by atoms with Crippen molar-refractivity contribution in [3.05, 3.63) is 53.6 Å². The van der Waals surface area contributed by atoms with E-state index < -0.39 is 11.8 Å². The third kappa shape index (κ3) is 4.28. The van der Waals surface area contributed by atoms with Crippen LogP contribution in [0.4, 0.5) is 11.4 Å². The van der Waals surface area contributed by atoms with Crippen LogP contribution in [0, 0.1) is 0 Å². The van der Waals surface area contributed by atoms with Crippen molar-refractivity contribution in [2.24, 2.45) is 0 Å². The first kappa shape index (κ1) is 19.9. The van der Waals surface area contributed by atoms with E-state index in [0.717, 1.165) is 16.8 Å². The number of anilines is 2. The molecule has 1 N–H and O–H groups in total. The van der Waals surface area contributed by atoms with E-state index in [0.29, 0.717) is 44.2 Å². The van der Waals surface area contributed by atoms with Gasteiger partial charge in [-0.2, -0.15) is 0 Å². The molecule has 2 aliphatic rings. The minimum Gasteiger partial charge on any atom is -0.426 e. The van der Waals surface area contributed by atoms with E-state index in [1.54, 1.807) is 30.2 Å². The van der Waals surface area contributed by atoms with E-state index in [4.69, 9.17) is 9.47 Å². The Kier molecular flexibility index (Phi) is 5.67. The maximum absolute atomic E-state index is 12.5. The van der Waals surface area contributed by atoms with Gasteiger partial charge in [0.2, 0.25) is 0 Å². The number of hydrogen-bond acceptors (Lipinski definition) is 6. The molecule has 2 heterocycles. The van der Waals surface area contributed by atoms with Gasteiger partial charge in [-0.25, -0.2) is 0 Å². The number of methoxy groups -OCH3 is 1. The van der Waals surface area contributed by atoms with E-state index in [2.05, 4.69) is 10.2 Å². The van der Waals surface area contributed by atoms with Gasteiger partial charge in [-0.3, -0.25) is 14.4 Å². The van der Waals surface area contributed by atoms with Crippen molar-refractivity contribution in [1.82, 2.24) is 4.90 Å². The molecule has 2 amide bonds. The molecule has 8 nitrogen and oxygen atoms in total. The molecule has 0 aromatic heterocycles. The predicted octanol–water partition coefficient (Wildman–Crippen LogP) is 1.58. The fourth-order valence-corrected chi connectivity index (χ4v) is 3.65. The van der Waals surface area contributed by atoms with Crippen molar-refractivity contribution in [1.29, 1.82) is 0 Å². The standard InChI is InChI=1S/C22H23N3O5/c1-29-14-15-2-6-18(7-3-15)24-8-10-25(11-9-24)22(28)21(27)23-17-5-4-16-12-20(26)30-19(16)13-17/h2-7,13H,8-12,14H2,1H3,(H,23,27). The second-order valence-corrected chi connectivity index (χ2v) is 7.31. The van der Waals surface area contributed by atoms with E-state index >= 15 is 0 Å². The quantitative estimate of drug-likeness (QED) is 0.469. The van der Waals surface area contributed by atoms with E-state index in [1.807, 2.05) is 24.3 Å². The lowest BCUT2D eigenvalue weighted by atomic mass is 10.1. The normalized spacial score (nSPS) is 15.6. The average molecular weight is 409 g/mol. The summed E-state index contributed by atoms with van der Waals surface area (Å²) in [6.07, 6.45) is 0.224. The second kappa shape index (κ2) is 8.54. The number of benzene rings is 2. The number of nitrogens with zero attached hydrogens (tertiary/aromatic N) is 2. The first-order chi connectivity index (χ1) is 14.5. The van der Waals surface area contributed by atoms with Crippen molar-refractivity contribution >= 4 is 29.2 Å². The molecular weight excluding hydrogens is 386 g/mol. The molecule has 0 bridgehead atoms. The smallest absolute Gasteiger partial charge is 0.315 e. The van der Waals surface area contributed by atoms with Crippen LogP contribution in [0.15, 0.2) is 42.5 Å². The number of nitrogens with one attached hydrogen (secondary N) is 1. The van der Waals surface area contributed by atoms with Gasteiger partial charge >= 0.3 is 17.8 Å². The van der Waals surface area contributed by atoms with Crippen LogP contribution in [0.3, 0.4) is 0 Å². The molecule has 2 aromatic carbocycles. The highest BCUT2D eigenvalue weighted by atomic mass is 16.5. The number of ether oxygens (including phenoxy) is 2. The van der Waals surface area contributed by atoms with E-state index in [-0.39, 0.29) is 12.4 Å². The van der Waals surface area contributed by atoms with Crippen molar-refractivity contribution in [2.75, 3.05) is 43.5 Å². The Balaban J connectivity index is 1.31. The highest BCUT2D eigenvalue weighted by molar-refractivity contribution is 6.39. The highest BCUT2D eigenvalue weighted by Gasteiger charge is 2.27. The van der Waals surface area contributed by atoms with Crippen LogP contribution < -0.4 is 15.0 Å². The van der Waals surface area contributed by atoms with Gasteiger partial charge in [0, 0.05) is 56.3 Å². The van der Waals surface area contributed by atoms with Crippen LogP contribution in [0.5, 0.6) is 5.75 Å². The number of esters is 1. The molecular formula is C22H23N3O5. The molecule has 0 spiro atoms. The number of amides is 2. The van der Waals surface area contributed by atoms with Gasteiger partial charge in [-0.1, -0.05) is 18.2 Å². The summed E-state index contributed by atoms with van der Waals surface area (Å²) in [4.78, 5) is 40.0. The Hall–Kier alpha value is -3.39. The minimum absolute atomic E-state index is 0.224. The zero-order valence-electron chi connectivity index (χ0n) is 16.7. The first-order valence-corrected chi connectivity index (χ1v) is 9.80. The lowest BCUT2D eigenvalue weighted by Gasteiger charge is -2.35. The second-order valence-electron chi connectivity index (χ2n) is 7.31. The number of rotatable bonds is 4. The Morgan fingerprint density at radius 3 is 2.50 bits per heavy atom. The monoisotopic (exact) mass is 409 g/mol. The van der Waals surface area contributed by atoms with Crippen LogP contribution in [-0.4, -0.2) is 56.0 Å². The average Bonchev–Trinajstić information content (AvgIpc) is 3.13. The SMILES string of the molecule is COCc1ccc(N2CCN(C(=O)C(=O)Nc3ccc4c(c3)OC(=O)C4)CC2)cc1. The molecule has 0 radical (unpaired) electrons. The van der Waals surface area contributed by atoms with Crippen molar-refractivity contribution in [3.8, 4) is 5.75 Å². The first-order valence-electron chi connectivity index (χ1n) is 9.80. The Labute approximate surface area is 174 Å². The maximum Gasteiger partial charge on any atom is 0.315 e. The largest absolute Gasteiger partial charge is 0.426 e. The lowest BCUT2D eigenvalue weighted by Crippen LogP contribution is -2.51. The van der Waals surface area contributed by atoms with Crippen LogP contribution in [-0.2, 0) is 32.1 Å². The zero-order valence-corrected chi connectivity index (χ0v) is 16.7. The maximum atomic E-state index is 12.5. The third-order valence-corrected chi connectivity index (χ3v) is 5.26. The van der Waals surface area contributed by atoms with Gasteiger partial charge in [0.15, 0.2) is 0 Å². The van der Waals surface area contributed by atoms with Crippen molar-refractivity contribution < 1.29 is 23.9 Å². The summed E-state index contributed by atoms with van der Waals surface area (Å²) in [5.74, 6) is -1.16. The molecule has 4 rings (SSSR count). The molecule has 0 aliphatic carbocycles.